The number of hydrogen-bond donors (Lipinski definition) is 2. The van der Waals surface area contributed by atoms with Crippen molar-refractivity contribution >= 4 is 40.3 Å². The lowest BCUT2D eigenvalue weighted by molar-refractivity contribution is 0.0697. The number of aromatic carboxylic acids is 1. The number of carboxylic acid groups (broad SMARTS) is 1. The summed E-state index contributed by atoms with van der Waals surface area (Å²) in [7, 11) is 0. The fraction of sp³-hybridized carbons (Fsp3) is 0.0556. The molecular weight excluding hydrogens is 358 g/mol. The lowest BCUT2D eigenvalue weighted by atomic mass is 10.1. The summed E-state index contributed by atoms with van der Waals surface area (Å²) in [5.74, 6) is -0.992. The van der Waals surface area contributed by atoms with Crippen molar-refractivity contribution in [3.05, 3.63) is 69.6 Å². The summed E-state index contributed by atoms with van der Waals surface area (Å²) >= 11 is 7.68. The van der Waals surface area contributed by atoms with Crippen molar-refractivity contribution in [3.8, 4) is 11.3 Å². The molecule has 1 heterocycles. The number of carbonyl (C=O) groups is 1. The molecule has 7 heteroatoms. The number of halogens is 1. The highest BCUT2D eigenvalue weighted by Gasteiger charge is 2.12. The Balaban J connectivity index is 1.81. The minimum Gasteiger partial charge on any atom is -0.478 e. The van der Waals surface area contributed by atoms with Crippen molar-refractivity contribution in [3.63, 3.8) is 0 Å². The summed E-state index contributed by atoms with van der Waals surface area (Å²) in [6.07, 6.45) is 1.47. The Labute approximate surface area is 153 Å². The number of hydrazone groups is 1. The molecule has 0 aliphatic heterocycles. The van der Waals surface area contributed by atoms with E-state index in [-0.39, 0.29) is 5.56 Å². The van der Waals surface area contributed by atoms with Gasteiger partial charge in [0, 0.05) is 21.0 Å². The van der Waals surface area contributed by atoms with E-state index in [1.807, 2.05) is 31.2 Å². The van der Waals surface area contributed by atoms with E-state index in [0.717, 1.165) is 16.1 Å². The summed E-state index contributed by atoms with van der Waals surface area (Å²) < 4.78 is 0. The molecule has 1 aromatic heterocycles. The molecule has 0 saturated heterocycles. The van der Waals surface area contributed by atoms with Crippen LogP contribution in [-0.4, -0.2) is 22.3 Å². The molecule has 0 saturated carbocycles. The first kappa shape index (κ1) is 17.1. The average molecular weight is 372 g/mol. The smallest absolute Gasteiger partial charge is 0.336 e. The van der Waals surface area contributed by atoms with Crippen molar-refractivity contribution in [2.45, 2.75) is 6.92 Å². The third kappa shape index (κ3) is 3.87. The molecule has 0 amide bonds. The van der Waals surface area contributed by atoms with Crippen molar-refractivity contribution in [1.82, 2.24) is 4.98 Å². The maximum Gasteiger partial charge on any atom is 0.336 e. The van der Waals surface area contributed by atoms with Gasteiger partial charge in [0.05, 0.1) is 17.5 Å². The summed E-state index contributed by atoms with van der Waals surface area (Å²) in [4.78, 5) is 16.7. The lowest BCUT2D eigenvalue weighted by Crippen LogP contribution is -2.02. The average Bonchev–Trinajstić information content (AvgIpc) is 2.96. The van der Waals surface area contributed by atoms with E-state index in [9.17, 15) is 4.79 Å². The number of rotatable bonds is 5. The summed E-state index contributed by atoms with van der Waals surface area (Å²) in [6.45, 7) is 1.96. The van der Waals surface area contributed by atoms with E-state index in [1.54, 1.807) is 18.2 Å². The molecule has 0 spiro atoms. The predicted molar refractivity (Wildman–Crippen MR) is 102 cm³/mol. The van der Waals surface area contributed by atoms with E-state index < -0.39 is 5.97 Å². The van der Waals surface area contributed by atoms with Gasteiger partial charge >= 0.3 is 5.97 Å². The number of thiazole rings is 1. The molecule has 0 radical (unpaired) electrons. The second-order valence-corrected chi connectivity index (χ2v) is 6.78. The van der Waals surface area contributed by atoms with Gasteiger partial charge in [-0.3, -0.25) is 5.43 Å². The Bertz CT molecular complexity index is 953. The van der Waals surface area contributed by atoms with Crippen LogP contribution in [0.3, 0.4) is 0 Å². The summed E-state index contributed by atoms with van der Waals surface area (Å²) in [5, 5.41) is 14.5. The van der Waals surface area contributed by atoms with Crippen molar-refractivity contribution in [2.24, 2.45) is 5.10 Å². The van der Waals surface area contributed by atoms with Gasteiger partial charge in [0.1, 0.15) is 0 Å². The van der Waals surface area contributed by atoms with Crippen molar-refractivity contribution in [1.29, 1.82) is 0 Å². The third-order valence-electron chi connectivity index (χ3n) is 3.48. The molecule has 5 nitrogen and oxygen atoms in total. The number of aromatic nitrogens is 1. The standard InChI is InChI=1S/C18H14ClN3O2S/c1-11-16(14-8-4-5-9-15(14)19)21-18(25-11)22-20-10-12-6-2-3-7-13(12)17(23)24/h2-10H,1H3,(H,21,22)(H,23,24). The van der Waals surface area contributed by atoms with Gasteiger partial charge in [0.15, 0.2) is 0 Å². The fourth-order valence-electron chi connectivity index (χ4n) is 2.31. The minimum atomic E-state index is -0.992. The van der Waals surface area contributed by atoms with Crippen LogP contribution >= 0.6 is 22.9 Å². The number of hydrogen-bond acceptors (Lipinski definition) is 5. The van der Waals surface area contributed by atoms with Crippen LogP contribution in [0.15, 0.2) is 53.6 Å². The normalized spacial score (nSPS) is 11.0. The zero-order chi connectivity index (χ0) is 17.8. The van der Waals surface area contributed by atoms with Crippen molar-refractivity contribution in [2.75, 3.05) is 5.43 Å². The Hall–Kier alpha value is -2.70. The number of anilines is 1. The lowest BCUT2D eigenvalue weighted by Gasteiger charge is -2.01. The zero-order valence-corrected chi connectivity index (χ0v) is 14.8. The van der Waals surface area contributed by atoms with Crippen molar-refractivity contribution < 1.29 is 9.90 Å². The van der Waals surface area contributed by atoms with Gasteiger partial charge in [-0.25, -0.2) is 9.78 Å². The quantitative estimate of drug-likeness (QED) is 0.493. The zero-order valence-electron chi connectivity index (χ0n) is 13.2. The molecule has 3 aromatic rings. The SMILES string of the molecule is Cc1sc(NN=Cc2ccccc2C(=O)O)nc1-c1ccccc1Cl. The van der Waals surface area contributed by atoms with Crippen LogP contribution in [0.4, 0.5) is 5.13 Å². The van der Waals surface area contributed by atoms with Crippen LogP contribution in [0.2, 0.25) is 5.02 Å². The molecule has 25 heavy (non-hydrogen) atoms. The number of nitrogens with zero attached hydrogens (tertiary/aromatic N) is 2. The molecule has 2 N–H and O–H groups in total. The first-order valence-corrected chi connectivity index (χ1v) is 8.59. The van der Waals surface area contributed by atoms with E-state index >= 15 is 0 Å². The first-order valence-electron chi connectivity index (χ1n) is 7.40. The van der Waals surface area contributed by atoms with Crippen LogP contribution in [0.5, 0.6) is 0 Å². The number of nitrogens with one attached hydrogen (secondary N) is 1. The molecule has 0 bridgehead atoms. The molecule has 3 rings (SSSR count). The molecule has 0 unspecified atom stereocenters. The van der Waals surface area contributed by atoms with E-state index in [4.69, 9.17) is 16.7 Å². The van der Waals surface area contributed by atoms with E-state index in [0.29, 0.717) is 15.7 Å². The van der Waals surface area contributed by atoms with Gasteiger partial charge in [-0.15, -0.1) is 11.3 Å². The maximum absolute atomic E-state index is 11.2. The van der Waals surface area contributed by atoms with Gasteiger partial charge in [-0.2, -0.15) is 5.10 Å². The van der Waals surface area contributed by atoms with Crippen LogP contribution < -0.4 is 5.43 Å². The Morgan fingerprint density at radius 2 is 1.96 bits per heavy atom. The van der Waals surface area contributed by atoms with Crippen LogP contribution in [-0.2, 0) is 0 Å². The van der Waals surface area contributed by atoms with Gasteiger partial charge in [-0.1, -0.05) is 48.0 Å². The number of carboxylic acids is 1. The van der Waals surface area contributed by atoms with Gasteiger partial charge in [0.25, 0.3) is 0 Å². The van der Waals surface area contributed by atoms with Gasteiger partial charge in [-0.05, 0) is 19.1 Å². The van der Waals surface area contributed by atoms with E-state index in [2.05, 4.69) is 15.5 Å². The molecular formula is C18H14ClN3O2S. The van der Waals surface area contributed by atoms with Crippen LogP contribution in [0, 0.1) is 6.92 Å². The molecule has 0 atom stereocenters. The summed E-state index contributed by atoms with van der Waals surface area (Å²) in [5.41, 5.74) is 5.23. The highest BCUT2D eigenvalue weighted by molar-refractivity contribution is 7.16. The number of aryl methyl sites for hydroxylation is 1. The molecule has 0 aliphatic rings. The highest BCUT2D eigenvalue weighted by Crippen LogP contribution is 2.34. The van der Waals surface area contributed by atoms with E-state index in [1.165, 1.54) is 23.6 Å². The molecule has 0 fully saturated rings. The Morgan fingerprint density at radius 3 is 2.72 bits per heavy atom. The van der Waals surface area contributed by atoms with Gasteiger partial charge < -0.3 is 5.11 Å². The number of benzene rings is 2. The Kier molecular flexibility index (Phi) is 5.11. The fourth-order valence-corrected chi connectivity index (χ4v) is 3.31. The van der Waals surface area contributed by atoms with Gasteiger partial charge in [0.2, 0.25) is 5.13 Å². The minimum absolute atomic E-state index is 0.195. The predicted octanol–water partition coefficient (Wildman–Crippen LogP) is 4.92. The van der Waals surface area contributed by atoms with Crippen LogP contribution in [0.1, 0.15) is 20.8 Å². The Morgan fingerprint density at radius 1 is 1.24 bits per heavy atom. The first-order chi connectivity index (χ1) is 12.1. The molecule has 126 valence electrons. The monoisotopic (exact) mass is 371 g/mol. The topological polar surface area (TPSA) is 74.6 Å². The highest BCUT2D eigenvalue weighted by atomic mass is 35.5. The molecule has 2 aromatic carbocycles. The third-order valence-corrected chi connectivity index (χ3v) is 4.69. The maximum atomic E-state index is 11.2. The second kappa shape index (κ2) is 7.46. The van der Waals surface area contributed by atoms with Crippen LogP contribution in [0.25, 0.3) is 11.3 Å². The largest absolute Gasteiger partial charge is 0.478 e. The second-order valence-electron chi connectivity index (χ2n) is 5.17. The molecule has 0 aliphatic carbocycles. The summed E-state index contributed by atoms with van der Waals surface area (Å²) in [6, 6.07) is 14.2.